The number of carbonyl (C=O) groups is 4. The average molecular weight is 1680 g/mol. The fraction of sp³-hybridized carbons (Fsp3) is 0.248. The molecule has 0 saturated carbocycles. The van der Waals surface area contributed by atoms with Crippen LogP contribution in [0.1, 0.15) is 199 Å². The summed E-state index contributed by atoms with van der Waals surface area (Å²) in [7, 11) is 1.62. The topological polar surface area (TPSA) is 201 Å². The van der Waals surface area contributed by atoms with Crippen molar-refractivity contribution in [1.82, 2.24) is 0 Å². The van der Waals surface area contributed by atoms with E-state index in [9.17, 15) is 19.2 Å². The first-order chi connectivity index (χ1) is 61.7. The molecule has 17 nitrogen and oxygen atoms in total. The zero-order valence-corrected chi connectivity index (χ0v) is 72.8. The van der Waals surface area contributed by atoms with Crippen LogP contribution in [0.25, 0.3) is 24.3 Å². The molecule has 0 spiro atoms. The zero-order chi connectivity index (χ0) is 87.9. The monoisotopic (exact) mass is 1680 g/mol. The van der Waals surface area contributed by atoms with Gasteiger partial charge in [0.2, 0.25) is 0 Å². The van der Waals surface area contributed by atoms with Gasteiger partial charge in [0.05, 0.1) is 52.3 Å². The van der Waals surface area contributed by atoms with E-state index in [0.717, 1.165) is 154 Å². The van der Waals surface area contributed by atoms with Crippen molar-refractivity contribution in [1.29, 1.82) is 0 Å². The van der Waals surface area contributed by atoms with Gasteiger partial charge in [-0.05, 0) is 352 Å². The van der Waals surface area contributed by atoms with Gasteiger partial charge in [-0.15, -0.1) is 0 Å². The number of hydrogen-bond acceptors (Lipinski definition) is 17. The summed E-state index contributed by atoms with van der Waals surface area (Å²) >= 11 is 0. The summed E-state index contributed by atoms with van der Waals surface area (Å²) in [6.45, 7) is 13.9. The lowest BCUT2D eigenvalue weighted by Crippen LogP contribution is -2.10. The Morgan fingerprint density at radius 3 is 0.825 bits per heavy atom. The van der Waals surface area contributed by atoms with Crippen LogP contribution in [0.15, 0.2) is 275 Å². The summed E-state index contributed by atoms with van der Waals surface area (Å²) in [4.78, 5) is 77.2. The standard InChI is InChI=1S/C109H110N4O13/c1-7-12-55-110-72-80-27-37-94(38-28-80)123-106(114)51-47-102-84-60-86-66-99(120-57-14-9-3)68-88(103(86)48-52-107(115)124-95-39-29-81(30-40-95)75-111-73-78-23-19-17-20-24-78)62-90-70-101(122-59-16-11-5)71-91(105(90)50-54-109(117)126-97-43-33-83(34-44-97)77-113-92-35-45-93(118-6)46-36-92)63-89-69-100(121-58-15-10-4)67-87(61-85(102)65-98(64-84)119-56-13-8-2)104(89)49-53-108(116)125-96-41-31-82(32-42-96)76-112-74-79-25-21-18-22-26-79/h17-54,64-72,75-77H,7-16,55-63,73-74H2,1-6H3. The van der Waals surface area contributed by atoms with Crippen LogP contribution in [-0.2, 0) is 58.0 Å². The molecule has 0 fully saturated rings. The van der Waals surface area contributed by atoms with Gasteiger partial charge in [-0.1, -0.05) is 127 Å². The van der Waals surface area contributed by atoms with E-state index < -0.39 is 23.9 Å². The van der Waals surface area contributed by atoms with Crippen LogP contribution in [0.3, 0.4) is 0 Å². The summed E-state index contributed by atoms with van der Waals surface area (Å²) in [6, 6.07) is 72.3. The molecule has 0 N–H and O–H groups in total. The van der Waals surface area contributed by atoms with Crippen molar-refractivity contribution in [2.24, 2.45) is 20.0 Å². The normalized spacial score (nSPS) is 12.2. The van der Waals surface area contributed by atoms with Crippen molar-refractivity contribution in [2.45, 2.75) is 138 Å². The van der Waals surface area contributed by atoms with Crippen LogP contribution in [0, 0.1) is 0 Å². The predicted octanol–water partition coefficient (Wildman–Crippen LogP) is 23.8. The number of esters is 4. The molecule has 11 aromatic rings. The molecule has 8 bridgehead atoms. The Balaban J connectivity index is 1.04. The highest BCUT2D eigenvalue weighted by Crippen LogP contribution is 2.39. The summed E-state index contributed by atoms with van der Waals surface area (Å²) < 4.78 is 57.1. The molecule has 0 heterocycles. The molecule has 126 heavy (non-hydrogen) atoms. The first kappa shape index (κ1) is 91.2. The Labute approximate surface area is 740 Å². The van der Waals surface area contributed by atoms with Gasteiger partial charge in [0.25, 0.3) is 0 Å². The van der Waals surface area contributed by atoms with Crippen LogP contribution in [0.5, 0.6) is 51.7 Å². The quantitative estimate of drug-likeness (QED) is 0.0115. The summed E-state index contributed by atoms with van der Waals surface area (Å²) in [5.74, 6) is 1.82. The van der Waals surface area contributed by atoms with E-state index in [1.54, 1.807) is 98.6 Å². The number of carbonyl (C=O) groups excluding carboxylic acids is 4. The van der Waals surface area contributed by atoms with E-state index in [0.29, 0.717) is 114 Å². The third-order valence-corrected chi connectivity index (χ3v) is 20.9. The van der Waals surface area contributed by atoms with E-state index >= 15 is 0 Å². The van der Waals surface area contributed by atoms with Gasteiger partial charge in [0.1, 0.15) is 51.7 Å². The van der Waals surface area contributed by atoms with E-state index in [1.165, 1.54) is 24.3 Å². The Kier molecular flexibility index (Phi) is 35.2. The van der Waals surface area contributed by atoms with Gasteiger partial charge in [0, 0.05) is 55.7 Å². The van der Waals surface area contributed by atoms with Crippen molar-refractivity contribution in [2.75, 3.05) is 40.1 Å². The highest BCUT2D eigenvalue weighted by atomic mass is 16.5. The van der Waals surface area contributed by atoms with Crippen molar-refractivity contribution in [3.05, 3.63) is 355 Å². The highest BCUT2D eigenvalue weighted by molar-refractivity contribution is 5.93. The molecule has 0 atom stereocenters. The van der Waals surface area contributed by atoms with Gasteiger partial charge in [-0.2, -0.15) is 0 Å². The van der Waals surface area contributed by atoms with Crippen molar-refractivity contribution >= 4 is 78.7 Å². The number of nitrogens with zero attached hydrogens (tertiary/aromatic N) is 4. The second-order valence-corrected chi connectivity index (χ2v) is 30.7. The van der Waals surface area contributed by atoms with Crippen LogP contribution in [-0.4, -0.2) is 88.8 Å². The zero-order valence-electron chi connectivity index (χ0n) is 72.8. The Morgan fingerprint density at radius 2 is 0.556 bits per heavy atom. The fourth-order valence-electron chi connectivity index (χ4n) is 14.1. The Bertz CT molecular complexity index is 5410. The third kappa shape index (κ3) is 28.8. The lowest BCUT2D eigenvalue weighted by molar-refractivity contribution is -0.129. The summed E-state index contributed by atoms with van der Waals surface area (Å²) in [5, 5.41) is 0. The molecule has 11 aromatic carbocycles. The van der Waals surface area contributed by atoms with Crippen molar-refractivity contribution in [3.63, 3.8) is 0 Å². The second-order valence-electron chi connectivity index (χ2n) is 30.7. The number of rotatable bonds is 41. The Hall–Kier alpha value is -14.1. The minimum absolute atomic E-state index is 0.175. The van der Waals surface area contributed by atoms with E-state index in [4.69, 9.17) is 42.6 Å². The second kappa shape index (κ2) is 48.7. The molecule has 1 aliphatic carbocycles. The molecule has 0 unspecified atom stereocenters. The number of methoxy groups -OCH3 is 1. The first-order valence-electron chi connectivity index (χ1n) is 43.7. The van der Waals surface area contributed by atoms with E-state index in [2.05, 4.69) is 54.6 Å². The third-order valence-electron chi connectivity index (χ3n) is 20.9. The smallest absolute Gasteiger partial charge is 0.336 e. The molecule has 17 heteroatoms. The lowest BCUT2D eigenvalue weighted by Gasteiger charge is -2.23. The minimum Gasteiger partial charge on any atom is -0.497 e. The van der Waals surface area contributed by atoms with Crippen LogP contribution in [0.2, 0.25) is 0 Å². The van der Waals surface area contributed by atoms with E-state index in [-0.39, 0.29) is 25.7 Å². The van der Waals surface area contributed by atoms with Crippen molar-refractivity contribution in [3.8, 4) is 51.7 Å². The maximum atomic E-state index is 14.7. The number of aliphatic imine (C=N–C) groups is 4. The summed E-state index contributed by atoms with van der Waals surface area (Å²) in [6.07, 6.45) is 29.4. The van der Waals surface area contributed by atoms with Crippen LogP contribution < -0.4 is 42.6 Å². The molecule has 0 aromatic heterocycles. The molecule has 1 aliphatic rings. The number of benzene rings is 11. The maximum Gasteiger partial charge on any atom is 0.336 e. The maximum absolute atomic E-state index is 14.7. The number of fused-ring (bicyclic) bond motifs is 8. The molecule has 0 aliphatic heterocycles. The fourth-order valence-corrected chi connectivity index (χ4v) is 14.1. The number of unbranched alkanes of at least 4 members (excludes halogenated alkanes) is 5. The van der Waals surface area contributed by atoms with Gasteiger partial charge in [0.15, 0.2) is 0 Å². The lowest BCUT2D eigenvalue weighted by atomic mass is 9.84. The molecule has 12 rings (SSSR count). The number of ether oxygens (including phenoxy) is 9. The molecular formula is C109H110N4O13. The minimum atomic E-state index is -0.644. The Morgan fingerprint density at radius 1 is 0.294 bits per heavy atom. The van der Waals surface area contributed by atoms with Gasteiger partial charge < -0.3 is 42.6 Å². The molecule has 644 valence electrons. The van der Waals surface area contributed by atoms with Crippen LogP contribution >= 0.6 is 0 Å². The van der Waals surface area contributed by atoms with E-state index in [1.807, 2.05) is 188 Å². The van der Waals surface area contributed by atoms with Gasteiger partial charge >= 0.3 is 23.9 Å². The highest BCUT2D eigenvalue weighted by Gasteiger charge is 2.24. The summed E-state index contributed by atoms with van der Waals surface area (Å²) in [5.41, 5.74) is 14.9. The largest absolute Gasteiger partial charge is 0.497 e. The molecular weight excluding hydrogens is 1570 g/mol. The van der Waals surface area contributed by atoms with Gasteiger partial charge in [-0.25, -0.2) is 19.2 Å². The average Bonchev–Trinajstić information content (AvgIpc) is 0.769. The molecule has 0 amide bonds. The van der Waals surface area contributed by atoms with Gasteiger partial charge in [-0.3, -0.25) is 20.0 Å². The number of hydrogen-bond donors (Lipinski definition) is 0. The van der Waals surface area contributed by atoms with Crippen LogP contribution in [0.4, 0.5) is 5.69 Å². The SMILES string of the molecule is CCCCN=Cc1ccc(OC(=O)C=Cc2c3cc(OCCCC)cc2Cc2cc(OCCCC)cc(c2C=CC(=O)Oc2ccc(C=NCc4ccccc4)cc2)Cc2cc(OCCCC)cc(c2C=CC(=O)Oc2ccc(C=Nc4ccc(OC)cc4)cc2)Cc2cc(OCCCC)cc(c2C=CC(=O)Oc2ccc(C=NCc4ccccc4)cc2)C3)cc1. The first-order valence-corrected chi connectivity index (χ1v) is 43.7. The van der Waals surface area contributed by atoms with Crippen molar-refractivity contribution < 1.29 is 61.8 Å². The molecule has 0 radical (unpaired) electrons. The molecule has 0 saturated heterocycles. The predicted molar refractivity (Wildman–Crippen MR) is 506 cm³/mol.